The molecule has 1 heterocycles. The van der Waals surface area contributed by atoms with Crippen LogP contribution >= 0.6 is 7.92 Å². The lowest BCUT2D eigenvalue weighted by atomic mass is 9.89. The molecule has 1 aliphatic rings. The lowest BCUT2D eigenvalue weighted by molar-refractivity contribution is 0.813. The van der Waals surface area contributed by atoms with Crippen molar-refractivity contribution in [2.75, 3.05) is 0 Å². The van der Waals surface area contributed by atoms with Crippen LogP contribution in [0.1, 0.15) is 92.7 Å². The average Bonchev–Trinajstić information content (AvgIpc) is 2.69. The number of hydrogen-bond acceptors (Lipinski definition) is 0. The summed E-state index contributed by atoms with van der Waals surface area (Å²) in [6, 6.07) is 16.8. The molecular weight excluding hydrogens is 367 g/mol. The minimum Gasteiger partial charge on any atom is -0.0657 e. The Bertz CT molecular complexity index is 1010. The number of aryl methyl sites for hydroxylation is 1. The molecule has 0 radical (unpaired) electrons. The van der Waals surface area contributed by atoms with Crippen LogP contribution in [-0.4, -0.2) is 0 Å². The molecule has 1 unspecified atom stereocenters. The molecule has 0 fully saturated rings. The van der Waals surface area contributed by atoms with Crippen molar-refractivity contribution in [3.63, 3.8) is 0 Å². The van der Waals surface area contributed by atoms with E-state index in [1.54, 1.807) is 32.9 Å². The monoisotopic (exact) mass is 402 g/mol. The van der Waals surface area contributed by atoms with Crippen LogP contribution in [0.4, 0.5) is 0 Å². The Morgan fingerprint density at radius 3 is 1.86 bits per heavy atom. The molecule has 0 saturated carbocycles. The Morgan fingerprint density at radius 1 is 0.724 bits per heavy atom. The smallest absolute Gasteiger partial charge is 0.00233 e. The molecule has 29 heavy (non-hydrogen) atoms. The molecule has 1 heteroatoms. The SMILES string of the molecule is Cc1ccc2c3c(cccc13)CP(c1c(C(C)C)cc(C(C)C)cc1C(C)C)C2. The van der Waals surface area contributed by atoms with E-state index in [2.05, 4.69) is 90.9 Å². The molecule has 0 aliphatic carbocycles. The van der Waals surface area contributed by atoms with E-state index in [-0.39, 0.29) is 7.92 Å². The van der Waals surface area contributed by atoms with Crippen LogP contribution in [0.3, 0.4) is 0 Å². The number of hydrogen-bond donors (Lipinski definition) is 0. The Hall–Kier alpha value is -1.65. The summed E-state index contributed by atoms with van der Waals surface area (Å²) in [5.74, 6) is 1.72. The van der Waals surface area contributed by atoms with Crippen molar-refractivity contribution >= 4 is 24.0 Å². The van der Waals surface area contributed by atoms with Gasteiger partial charge in [-0.3, -0.25) is 0 Å². The van der Waals surface area contributed by atoms with E-state index in [1.807, 2.05) is 0 Å². The van der Waals surface area contributed by atoms with E-state index < -0.39 is 0 Å². The van der Waals surface area contributed by atoms with E-state index >= 15 is 0 Å². The predicted octanol–water partition coefficient (Wildman–Crippen LogP) is 8.34. The lowest BCUT2D eigenvalue weighted by Gasteiger charge is -2.32. The van der Waals surface area contributed by atoms with Crippen molar-refractivity contribution < 1.29 is 0 Å². The Kier molecular flexibility index (Phi) is 5.60. The van der Waals surface area contributed by atoms with E-state index in [9.17, 15) is 0 Å². The van der Waals surface area contributed by atoms with Gasteiger partial charge in [-0.15, -0.1) is 0 Å². The first kappa shape index (κ1) is 20.6. The molecule has 3 aromatic rings. The highest BCUT2D eigenvalue weighted by molar-refractivity contribution is 7.64. The first-order chi connectivity index (χ1) is 13.8. The third-order valence-electron chi connectivity index (χ3n) is 6.57. The van der Waals surface area contributed by atoms with Gasteiger partial charge in [-0.2, -0.15) is 0 Å². The van der Waals surface area contributed by atoms with E-state index in [4.69, 9.17) is 0 Å². The summed E-state index contributed by atoms with van der Waals surface area (Å²) >= 11 is 0. The second kappa shape index (κ2) is 7.88. The second-order valence-electron chi connectivity index (χ2n) is 9.75. The zero-order valence-corrected chi connectivity index (χ0v) is 20.0. The summed E-state index contributed by atoms with van der Waals surface area (Å²) < 4.78 is 0. The first-order valence-electron chi connectivity index (χ1n) is 11.2. The summed E-state index contributed by atoms with van der Waals surface area (Å²) in [4.78, 5) is 0. The molecule has 0 nitrogen and oxygen atoms in total. The van der Waals surface area contributed by atoms with Crippen LogP contribution < -0.4 is 5.30 Å². The van der Waals surface area contributed by atoms with E-state index in [0.29, 0.717) is 17.8 Å². The van der Waals surface area contributed by atoms with Crippen LogP contribution in [0.25, 0.3) is 10.8 Å². The number of benzene rings is 3. The van der Waals surface area contributed by atoms with Crippen LogP contribution in [-0.2, 0) is 12.3 Å². The van der Waals surface area contributed by atoms with Crippen LogP contribution in [0.2, 0.25) is 0 Å². The minimum atomic E-state index is -0.227. The van der Waals surface area contributed by atoms with Crippen molar-refractivity contribution in [3.05, 3.63) is 75.8 Å². The van der Waals surface area contributed by atoms with Gasteiger partial charge >= 0.3 is 0 Å². The lowest BCUT2D eigenvalue weighted by Crippen LogP contribution is -2.21. The highest BCUT2D eigenvalue weighted by Gasteiger charge is 2.28. The van der Waals surface area contributed by atoms with Gasteiger partial charge < -0.3 is 0 Å². The van der Waals surface area contributed by atoms with Crippen molar-refractivity contribution in [1.29, 1.82) is 0 Å². The fraction of sp³-hybridized carbons (Fsp3) is 0.429. The Labute approximate surface area is 178 Å². The molecule has 4 rings (SSSR count). The average molecular weight is 403 g/mol. The summed E-state index contributed by atoms with van der Waals surface area (Å²) in [5, 5.41) is 4.71. The molecule has 152 valence electrons. The first-order valence-corrected chi connectivity index (χ1v) is 12.9. The molecule has 0 amide bonds. The Balaban J connectivity index is 1.90. The maximum absolute atomic E-state index is 2.53. The normalized spacial score (nSPS) is 16.4. The van der Waals surface area contributed by atoms with Gasteiger partial charge in [0.15, 0.2) is 0 Å². The van der Waals surface area contributed by atoms with E-state index in [0.717, 1.165) is 0 Å². The fourth-order valence-electron chi connectivity index (χ4n) is 4.88. The molecular formula is C28H35P. The highest BCUT2D eigenvalue weighted by atomic mass is 31.1. The molecule has 0 N–H and O–H groups in total. The van der Waals surface area contributed by atoms with Crippen molar-refractivity contribution in [1.82, 2.24) is 0 Å². The molecule has 0 saturated heterocycles. The largest absolute Gasteiger partial charge is 0.0657 e. The fourth-order valence-corrected chi connectivity index (χ4v) is 8.03. The van der Waals surface area contributed by atoms with Gasteiger partial charge in [-0.1, -0.05) is 91.9 Å². The topological polar surface area (TPSA) is 0 Å². The quantitative estimate of drug-likeness (QED) is 0.385. The zero-order valence-electron chi connectivity index (χ0n) is 19.1. The standard InChI is InChI=1S/C28H35P/c1-17(2)23-13-25(18(3)4)28(26(14-23)19(5)6)29-15-21-9-8-10-24-20(7)11-12-22(16-29)27(21)24/h8-14,17-19H,15-16H2,1-7H3. The molecule has 3 aromatic carbocycles. The van der Waals surface area contributed by atoms with Gasteiger partial charge in [-0.05, 0) is 86.5 Å². The van der Waals surface area contributed by atoms with Gasteiger partial charge in [0.25, 0.3) is 0 Å². The summed E-state index contributed by atoms with van der Waals surface area (Å²) in [7, 11) is -0.227. The van der Waals surface area contributed by atoms with Crippen molar-refractivity contribution in [2.45, 2.75) is 78.5 Å². The van der Waals surface area contributed by atoms with Crippen LogP contribution in [0, 0.1) is 6.92 Å². The minimum absolute atomic E-state index is 0.227. The van der Waals surface area contributed by atoms with Gasteiger partial charge in [0.1, 0.15) is 0 Å². The van der Waals surface area contributed by atoms with Gasteiger partial charge in [-0.25, -0.2) is 0 Å². The van der Waals surface area contributed by atoms with Crippen LogP contribution in [0.5, 0.6) is 0 Å². The highest BCUT2D eigenvalue weighted by Crippen LogP contribution is 2.52. The van der Waals surface area contributed by atoms with Crippen LogP contribution in [0.15, 0.2) is 42.5 Å². The third-order valence-corrected chi connectivity index (χ3v) is 9.17. The molecule has 0 aromatic heterocycles. The molecule has 1 atom stereocenters. The molecule has 0 bridgehead atoms. The number of rotatable bonds is 4. The molecule has 1 aliphatic heterocycles. The van der Waals surface area contributed by atoms with Gasteiger partial charge in [0.05, 0.1) is 0 Å². The summed E-state index contributed by atoms with van der Waals surface area (Å²) in [6.07, 6.45) is 2.45. The zero-order chi connectivity index (χ0) is 20.9. The second-order valence-corrected chi connectivity index (χ2v) is 11.9. The Morgan fingerprint density at radius 2 is 1.31 bits per heavy atom. The summed E-state index contributed by atoms with van der Waals surface area (Å²) in [5.41, 5.74) is 9.25. The predicted molar refractivity (Wildman–Crippen MR) is 131 cm³/mol. The third kappa shape index (κ3) is 3.66. The van der Waals surface area contributed by atoms with Crippen molar-refractivity contribution in [2.24, 2.45) is 0 Å². The summed E-state index contributed by atoms with van der Waals surface area (Å²) in [6.45, 7) is 16.4. The van der Waals surface area contributed by atoms with E-state index in [1.165, 1.54) is 28.8 Å². The van der Waals surface area contributed by atoms with Gasteiger partial charge in [0, 0.05) is 0 Å². The maximum atomic E-state index is 2.53. The van der Waals surface area contributed by atoms with Crippen molar-refractivity contribution in [3.8, 4) is 0 Å². The maximum Gasteiger partial charge on any atom is -0.00233 e. The molecule has 0 spiro atoms. The van der Waals surface area contributed by atoms with Gasteiger partial charge in [0.2, 0.25) is 0 Å².